The minimum atomic E-state index is -0.299. The summed E-state index contributed by atoms with van der Waals surface area (Å²) in [6, 6.07) is 11.4. The number of thioether (sulfide) groups is 1. The number of hydrogen-bond acceptors (Lipinski definition) is 5. The van der Waals surface area contributed by atoms with Crippen molar-refractivity contribution in [2.75, 3.05) is 13.2 Å². The molecule has 0 N–H and O–H groups in total. The molecule has 0 bridgehead atoms. The highest BCUT2D eigenvalue weighted by molar-refractivity contribution is 9.10. The third-order valence-electron chi connectivity index (χ3n) is 4.31. The number of carbonyl (C=O) groups is 2. The van der Waals surface area contributed by atoms with Crippen LogP contribution in [-0.2, 0) is 11.3 Å². The standard InChI is InChI=1S/C23H22BrNO4S/c1-4-10-29-21-18(24)11-17(12-19(21)28-5-2)13-20-22(26)25(23(27)30-20)14-16-8-6-15(3)7-9-16/h4,6-9,11-13H,1,5,10,14H2,2-3H3/b20-13-. The summed E-state index contributed by atoms with van der Waals surface area (Å²) >= 11 is 4.44. The molecule has 5 nitrogen and oxygen atoms in total. The molecule has 0 unspecified atom stereocenters. The molecule has 30 heavy (non-hydrogen) atoms. The van der Waals surface area contributed by atoms with Crippen molar-refractivity contribution in [1.29, 1.82) is 0 Å². The second-order valence-electron chi connectivity index (χ2n) is 6.62. The Morgan fingerprint density at radius 1 is 1.17 bits per heavy atom. The topological polar surface area (TPSA) is 55.8 Å². The highest BCUT2D eigenvalue weighted by Crippen LogP contribution is 2.39. The first kappa shape index (κ1) is 22.2. The van der Waals surface area contributed by atoms with E-state index in [-0.39, 0.29) is 17.7 Å². The van der Waals surface area contributed by atoms with Gasteiger partial charge in [0.1, 0.15) is 6.61 Å². The van der Waals surface area contributed by atoms with E-state index in [1.54, 1.807) is 18.2 Å². The number of hydrogen-bond donors (Lipinski definition) is 0. The Labute approximate surface area is 188 Å². The maximum Gasteiger partial charge on any atom is 0.293 e. The van der Waals surface area contributed by atoms with Gasteiger partial charge < -0.3 is 9.47 Å². The molecule has 0 aromatic heterocycles. The van der Waals surface area contributed by atoms with Crippen LogP contribution in [0.2, 0.25) is 0 Å². The SMILES string of the molecule is C=CCOc1c(Br)cc(/C=C2\SC(=O)N(Cc3ccc(C)cc3)C2=O)cc1OCC. The van der Waals surface area contributed by atoms with Gasteiger partial charge in [-0.25, -0.2) is 0 Å². The lowest BCUT2D eigenvalue weighted by molar-refractivity contribution is -0.123. The van der Waals surface area contributed by atoms with Gasteiger partial charge in [0.2, 0.25) is 0 Å². The number of amides is 2. The Kier molecular flexibility index (Phi) is 7.39. The fourth-order valence-electron chi connectivity index (χ4n) is 2.88. The highest BCUT2D eigenvalue weighted by Gasteiger charge is 2.35. The van der Waals surface area contributed by atoms with Crippen molar-refractivity contribution >= 4 is 44.9 Å². The fourth-order valence-corrected chi connectivity index (χ4v) is 4.29. The predicted octanol–water partition coefficient (Wildman–Crippen LogP) is 5.96. The second-order valence-corrected chi connectivity index (χ2v) is 8.46. The lowest BCUT2D eigenvalue weighted by Crippen LogP contribution is -2.27. The average Bonchev–Trinajstić information content (AvgIpc) is 2.96. The van der Waals surface area contributed by atoms with E-state index in [0.29, 0.717) is 34.1 Å². The third-order valence-corrected chi connectivity index (χ3v) is 5.81. The van der Waals surface area contributed by atoms with Gasteiger partial charge in [-0.1, -0.05) is 42.5 Å². The fraction of sp³-hybridized carbons (Fsp3) is 0.217. The first-order valence-corrected chi connectivity index (χ1v) is 11.0. The summed E-state index contributed by atoms with van der Waals surface area (Å²) in [6.07, 6.45) is 3.35. The molecule has 1 aliphatic heterocycles. The number of carbonyl (C=O) groups excluding carboxylic acids is 2. The van der Waals surface area contributed by atoms with E-state index in [1.165, 1.54) is 4.90 Å². The molecule has 3 rings (SSSR count). The molecule has 1 aliphatic rings. The Morgan fingerprint density at radius 2 is 1.90 bits per heavy atom. The molecule has 1 fully saturated rings. The average molecular weight is 488 g/mol. The largest absolute Gasteiger partial charge is 0.490 e. The molecule has 0 saturated carbocycles. The van der Waals surface area contributed by atoms with Gasteiger partial charge >= 0.3 is 0 Å². The van der Waals surface area contributed by atoms with Crippen molar-refractivity contribution in [2.24, 2.45) is 0 Å². The number of ether oxygens (including phenoxy) is 2. The summed E-state index contributed by atoms with van der Waals surface area (Å²) in [5.74, 6) is 0.826. The molecule has 2 amide bonds. The van der Waals surface area contributed by atoms with Gasteiger partial charge in [-0.15, -0.1) is 0 Å². The molecular formula is C23H22BrNO4S. The first-order valence-electron chi connectivity index (χ1n) is 9.44. The summed E-state index contributed by atoms with van der Waals surface area (Å²) in [7, 11) is 0. The molecule has 2 aromatic rings. The number of rotatable bonds is 8. The van der Waals surface area contributed by atoms with Gasteiger partial charge in [-0.2, -0.15) is 0 Å². The maximum absolute atomic E-state index is 12.8. The van der Waals surface area contributed by atoms with Crippen molar-refractivity contribution < 1.29 is 19.1 Å². The van der Waals surface area contributed by atoms with E-state index in [0.717, 1.165) is 28.5 Å². The molecule has 156 valence electrons. The van der Waals surface area contributed by atoms with E-state index in [1.807, 2.05) is 44.2 Å². The van der Waals surface area contributed by atoms with Crippen LogP contribution in [0.5, 0.6) is 11.5 Å². The Bertz CT molecular complexity index is 1000. The van der Waals surface area contributed by atoms with Crippen LogP contribution in [0.4, 0.5) is 4.79 Å². The van der Waals surface area contributed by atoms with Crippen LogP contribution >= 0.6 is 27.7 Å². The summed E-state index contributed by atoms with van der Waals surface area (Å²) in [6.45, 7) is 8.60. The number of benzene rings is 2. The molecule has 0 atom stereocenters. The lowest BCUT2D eigenvalue weighted by Gasteiger charge is -2.14. The maximum atomic E-state index is 12.8. The minimum absolute atomic E-state index is 0.254. The third kappa shape index (κ3) is 5.15. The van der Waals surface area contributed by atoms with Crippen LogP contribution in [0.3, 0.4) is 0 Å². The smallest absolute Gasteiger partial charge is 0.293 e. The number of aryl methyl sites for hydroxylation is 1. The highest BCUT2D eigenvalue weighted by atomic mass is 79.9. The molecule has 7 heteroatoms. The van der Waals surface area contributed by atoms with Crippen molar-refractivity contribution in [3.63, 3.8) is 0 Å². The van der Waals surface area contributed by atoms with E-state index in [2.05, 4.69) is 22.5 Å². The zero-order chi connectivity index (χ0) is 21.7. The molecule has 1 heterocycles. The monoisotopic (exact) mass is 487 g/mol. The van der Waals surface area contributed by atoms with E-state index in [4.69, 9.17) is 9.47 Å². The van der Waals surface area contributed by atoms with Gasteiger partial charge in [0, 0.05) is 0 Å². The van der Waals surface area contributed by atoms with Crippen LogP contribution in [0.1, 0.15) is 23.6 Å². The van der Waals surface area contributed by atoms with Crippen molar-refractivity contribution in [3.05, 3.63) is 75.1 Å². The zero-order valence-electron chi connectivity index (χ0n) is 16.8. The van der Waals surface area contributed by atoms with E-state index < -0.39 is 0 Å². The van der Waals surface area contributed by atoms with Crippen LogP contribution in [0.15, 0.2) is 58.4 Å². The van der Waals surface area contributed by atoms with Crippen LogP contribution in [0.25, 0.3) is 6.08 Å². The number of nitrogens with zero attached hydrogens (tertiary/aromatic N) is 1. The molecular weight excluding hydrogens is 466 g/mol. The van der Waals surface area contributed by atoms with E-state index >= 15 is 0 Å². The Hall–Kier alpha value is -2.51. The molecule has 0 spiro atoms. The van der Waals surface area contributed by atoms with Crippen LogP contribution in [0, 0.1) is 6.92 Å². The van der Waals surface area contributed by atoms with Gasteiger partial charge in [0.05, 0.1) is 22.5 Å². The van der Waals surface area contributed by atoms with Crippen LogP contribution < -0.4 is 9.47 Å². The number of imide groups is 1. The number of halogens is 1. The summed E-state index contributed by atoms with van der Waals surface area (Å²) in [4.78, 5) is 26.9. The first-order chi connectivity index (χ1) is 14.4. The van der Waals surface area contributed by atoms with E-state index in [9.17, 15) is 9.59 Å². The predicted molar refractivity (Wildman–Crippen MR) is 124 cm³/mol. The Balaban J connectivity index is 1.85. The summed E-state index contributed by atoms with van der Waals surface area (Å²) in [5.41, 5.74) is 2.77. The molecule has 0 aliphatic carbocycles. The van der Waals surface area contributed by atoms with Gasteiger partial charge in [0.25, 0.3) is 11.1 Å². The van der Waals surface area contributed by atoms with Gasteiger partial charge in [0.15, 0.2) is 11.5 Å². The quantitative estimate of drug-likeness (QED) is 0.339. The van der Waals surface area contributed by atoms with Crippen LogP contribution in [-0.4, -0.2) is 29.3 Å². The second kappa shape index (κ2) is 10.00. The van der Waals surface area contributed by atoms with Crippen molar-refractivity contribution in [3.8, 4) is 11.5 Å². The Morgan fingerprint density at radius 3 is 2.57 bits per heavy atom. The van der Waals surface area contributed by atoms with Gasteiger partial charge in [-0.05, 0) is 70.9 Å². The molecule has 0 radical (unpaired) electrons. The molecule has 1 saturated heterocycles. The zero-order valence-corrected chi connectivity index (χ0v) is 19.2. The summed E-state index contributed by atoms with van der Waals surface area (Å²) in [5, 5.41) is -0.276. The van der Waals surface area contributed by atoms with Crippen molar-refractivity contribution in [2.45, 2.75) is 20.4 Å². The summed E-state index contributed by atoms with van der Waals surface area (Å²) < 4.78 is 12.1. The lowest BCUT2D eigenvalue weighted by atomic mass is 10.1. The van der Waals surface area contributed by atoms with Gasteiger partial charge in [-0.3, -0.25) is 14.5 Å². The minimum Gasteiger partial charge on any atom is -0.490 e. The normalized spacial score (nSPS) is 15.0. The van der Waals surface area contributed by atoms with Crippen molar-refractivity contribution in [1.82, 2.24) is 4.90 Å². The molecule has 2 aromatic carbocycles.